The summed E-state index contributed by atoms with van der Waals surface area (Å²) in [5.74, 6) is 0.905. The molecule has 0 spiro atoms. The highest BCUT2D eigenvalue weighted by Crippen LogP contribution is 2.15. The number of aliphatic imine (C=N–C) groups is 1. The molecule has 0 saturated carbocycles. The van der Waals surface area contributed by atoms with E-state index in [2.05, 4.69) is 56.9 Å². The van der Waals surface area contributed by atoms with Gasteiger partial charge in [-0.15, -0.1) is 24.0 Å². The summed E-state index contributed by atoms with van der Waals surface area (Å²) in [6.07, 6.45) is 3.93. The summed E-state index contributed by atoms with van der Waals surface area (Å²) >= 11 is 3.52. The number of nitrogens with one attached hydrogen (secondary N) is 1. The molecular formula is C20H31BrIN5O. The molecule has 2 rings (SSSR count). The minimum Gasteiger partial charge on any atom is -0.357 e. The SMILES string of the molecule is CCNC(=NCCCCn1c(C)cccc1=O)N(C)Cc1cc(Br)cn1C.I. The van der Waals surface area contributed by atoms with Crippen LogP contribution in [0.2, 0.25) is 0 Å². The molecule has 2 aromatic rings. The number of hydrogen-bond acceptors (Lipinski definition) is 2. The van der Waals surface area contributed by atoms with Gasteiger partial charge in [0.15, 0.2) is 5.96 Å². The number of aryl methyl sites for hydroxylation is 2. The highest BCUT2D eigenvalue weighted by atomic mass is 127. The first-order valence-corrected chi connectivity index (χ1v) is 10.2. The lowest BCUT2D eigenvalue weighted by atomic mass is 10.3. The third-order valence-electron chi connectivity index (χ3n) is 4.49. The van der Waals surface area contributed by atoms with Crippen molar-refractivity contribution in [3.63, 3.8) is 0 Å². The number of aromatic nitrogens is 2. The quantitative estimate of drug-likeness (QED) is 0.230. The first-order chi connectivity index (χ1) is 12.9. The maximum absolute atomic E-state index is 11.9. The molecule has 0 atom stereocenters. The minimum absolute atomic E-state index is 0. The van der Waals surface area contributed by atoms with Gasteiger partial charge in [0, 0.05) is 61.9 Å². The lowest BCUT2D eigenvalue weighted by Gasteiger charge is -2.22. The normalized spacial score (nSPS) is 11.2. The molecule has 1 N–H and O–H groups in total. The largest absolute Gasteiger partial charge is 0.357 e. The molecule has 2 heterocycles. The summed E-state index contributed by atoms with van der Waals surface area (Å²) in [5, 5.41) is 3.36. The van der Waals surface area contributed by atoms with Gasteiger partial charge in [-0.3, -0.25) is 9.79 Å². The van der Waals surface area contributed by atoms with Gasteiger partial charge in [0.05, 0.1) is 6.54 Å². The maximum Gasteiger partial charge on any atom is 0.250 e. The summed E-state index contributed by atoms with van der Waals surface area (Å²) in [4.78, 5) is 18.8. The van der Waals surface area contributed by atoms with Gasteiger partial charge in [-0.2, -0.15) is 0 Å². The predicted molar refractivity (Wildman–Crippen MR) is 131 cm³/mol. The highest BCUT2D eigenvalue weighted by Gasteiger charge is 2.09. The number of guanidine groups is 1. The topological polar surface area (TPSA) is 54.6 Å². The van der Waals surface area contributed by atoms with E-state index in [-0.39, 0.29) is 29.5 Å². The smallest absolute Gasteiger partial charge is 0.250 e. The Morgan fingerprint density at radius 3 is 2.68 bits per heavy atom. The van der Waals surface area contributed by atoms with Crippen molar-refractivity contribution in [1.82, 2.24) is 19.4 Å². The molecule has 0 aliphatic carbocycles. The molecule has 0 bridgehead atoms. The van der Waals surface area contributed by atoms with Gasteiger partial charge in [-0.05, 0) is 54.8 Å². The summed E-state index contributed by atoms with van der Waals surface area (Å²) in [7, 11) is 4.10. The molecule has 0 aromatic carbocycles. The van der Waals surface area contributed by atoms with Crippen LogP contribution in [0.3, 0.4) is 0 Å². The molecule has 28 heavy (non-hydrogen) atoms. The molecular weight excluding hydrogens is 533 g/mol. The fourth-order valence-electron chi connectivity index (χ4n) is 2.99. The molecule has 0 amide bonds. The van der Waals surface area contributed by atoms with Crippen molar-refractivity contribution in [2.75, 3.05) is 20.1 Å². The van der Waals surface area contributed by atoms with Crippen LogP contribution in [0, 0.1) is 6.92 Å². The average molecular weight is 564 g/mol. The van der Waals surface area contributed by atoms with Crippen LogP contribution in [0.25, 0.3) is 0 Å². The Hall–Kier alpha value is -1.29. The van der Waals surface area contributed by atoms with Crippen LogP contribution in [-0.2, 0) is 20.1 Å². The van der Waals surface area contributed by atoms with Crippen LogP contribution in [-0.4, -0.2) is 40.1 Å². The number of halogens is 2. The van der Waals surface area contributed by atoms with Crippen molar-refractivity contribution in [3.8, 4) is 0 Å². The Kier molecular flexibility index (Phi) is 10.9. The van der Waals surface area contributed by atoms with Crippen LogP contribution in [0.15, 0.2) is 44.7 Å². The fraction of sp³-hybridized carbons (Fsp3) is 0.500. The molecule has 6 nitrogen and oxygen atoms in total. The zero-order valence-corrected chi connectivity index (χ0v) is 21.0. The Labute approximate surface area is 193 Å². The van der Waals surface area contributed by atoms with Crippen LogP contribution in [0.5, 0.6) is 0 Å². The number of pyridine rings is 1. The van der Waals surface area contributed by atoms with Crippen LogP contribution in [0.4, 0.5) is 0 Å². The van der Waals surface area contributed by atoms with Gasteiger partial charge >= 0.3 is 0 Å². The predicted octanol–water partition coefficient (Wildman–Crippen LogP) is 3.75. The van der Waals surface area contributed by atoms with Crippen molar-refractivity contribution >= 4 is 45.9 Å². The molecule has 0 aliphatic rings. The van der Waals surface area contributed by atoms with E-state index in [0.717, 1.165) is 55.1 Å². The molecule has 0 aliphatic heterocycles. The monoisotopic (exact) mass is 563 g/mol. The third kappa shape index (κ3) is 7.27. The Morgan fingerprint density at radius 2 is 2.07 bits per heavy atom. The Morgan fingerprint density at radius 1 is 1.32 bits per heavy atom. The third-order valence-corrected chi connectivity index (χ3v) is 4.92. The van der Waals surface area contributed by atoms with Gasteiger partial charge in [0.25, 0.3) is 5.56 Å². The van der Waals surface area contributed by atoms with Crippen molar-refractivity contribution < 1.29 is 0 Å². The van der Waals surface area contributed by atoms with E-state index in [4.69, 9.17) is 4.99 Å². The van der Waals surface area contributed by atoms with E-state index in [1.807, 2.05) is 30.7 Å². The van der Waals surface area contributed by atoms with Gasteiger partial charge in [-0.1, -0.05) is 6.07 Å². The van der Waals surface area contributed by atoms with E-state index in [0.29, 0.717) is 0 Å². The van der Waals surface area contributed by atoms with E-state index < -0.39 is 0 Å². The maximum atomic E-state index is 11.9. The second kappa shape index (κ2) is 12.3. The van der Waals surface area contributed by atoms with E-state index >= 15 is 0 Å². The standard InChI is InChI=1S/C20H30BrN5O.HI/c1-5-22-20(25(4)15-18-13-17(21)14-24(18)3)23-11-6-7-12-26-16(2)9-8-10-19(26)27;/h8-10,13-14H,5-7,11-12,15H2,1-4H3,(H,22,23);1H. The lowest BCUT2D eigenvalue weighted by Crippen LogP contribution is -2.38. The summed E-state index contributed by atoms with van der Waals surface area (Å²) in [6, 6.07) is 7.52. The zero-order chi connectivity index (χ0) is 19.8. The Balaban J connectivity index is 0.00000392. The van der Waals surface area contributed by atoms with Crippen molar-refractivity contribution in [2.24, 2.45) is 12.0 Å². The van der Waals surface area contributed by atoms with Gasteiger partial charge in [0.1, 0.15) is 0 Å². The van der Waals surface area contributed by atoms with Crippen LogP contribution < -0.4 is 10.9 Å². The molecule has 0 radical (unpaired) electrons. The second-order valence-electron chi connectivity index (χ2n) is 6.72. The summed E-state index contributed by atoms with van der Waals surface area (Å²) in [5.41, 5.74) is 2.29. The number of nitrogens with zero attached hydrogens (tertiary/aromatic N) is 4. The minimum atomic E-state index is 0. The van der Waals surface area contributed by atoms with E-state index in [9.17, 15) is 4.79 Å². The second-order valence-corrected chi connectivity index (χ2v) is 7.63. The molecule has 0 saturated heterocycles. The van der Waals surface area contributed by atoms with Gasteiger partial charge < -0.3 is 19.4 Å². The summed E-state index contributed by atoms with van der Waals surface area (Å²) < 4.78 is 5.03. The molecule has 0 unspecified atom stereocenters. The number of unbranched alkanes of at least 4 members (excludes halogenated alkanes) is 1. The van der Waals surface area contributed by atoms with E-state index in [1.54, 1.807) is 6.07 Å². The Bertz CT molecular complexity index is 830. The van der Waals surface area contributed by atoms with Gasteiger partial charge in [0.2, 0.25) is 0 Å². The van der Waals surface area contributed by atoms with Crippen molar-refractivity contribution in [2.45, 2.75) is 39.8 Å². The number of hydrogen-bond donors (Lipinski definition) is 1. The molecule has 8 heteroatoms. The zero-order valence-electron chi connectivity index (χ0n) is 17.1. The molecule has 156 valence electrons. The van der Waals surface area contributed by atoms with Crippen LogP contribution in [0.1, 0.15) is 31.2 Å². The van der Waals surface area contributed by atoms with Crippen molar-refractivity contribution in [1.29, 1.82) is 0 Å². The molecule has 2 aromatic heterocycles. The first-order valence-electron chi connectivity index (χ1n) is 9.39. The van der Waals surface area contributed by atoms with Crippen molar-refractivity contribution in [3.05, 3.63) is 56.7 Å². The average Bonchev–Trinajstić information content (AvgIpc) is 2.93. The van der Waals surface area contributed by atoms with Gasteiger partial charge in [-0.25, -0.2) is 0 Å². The lowest BCUT2D eigenvalue weighted by molar-refractivity contribution is 0.461. The molecule has 0 fully saturated rings. The summed E-state index contributed by atoms with van der Waals surface area (Å²) in [6.45, 7) is 7.15. The number of rotatable bonds is 8. The first kappa shape index (κ1) is 24.7. The highest BCUT2D eigenvalue weighted by molar-refractivity contribution is 14.0. The fourth-order valence-corrected chi connectivity index (χ4v) is 3.56. The van der Waals surface area contributed by atoms with Crippen LogP contribution >= 0.6 is 39.9 Å². The van der Waals surface area contributed by atoms with E-state index in [1.165, 1.54) is 5.69 Å².